The molecule has 0 spiro atoms. The number of rotatable bonds is 6. The molecule has 1 N–H and O–H groups in total. The summed E-state index contributed by atoms with van der Waals surface area (Å²) in [6.45, 7) is 12.4. The lowest BCUT2D eigenvalue weighted by atomic mass is 9.96. The van der Waals surface area contributed by atoms with Crippen LogP contribution >= 0.6 is 0 Å². The summed E-state index contributed by atoms with van der Waals surface area (Å²) in [4.78, 5) is 2.55. The molecule has 1 aromatic heterocycles. The van der Waals surface area contributed by atoms with Crippen molar-refractivity contribution < 1.29 is 0 Å². The van der Waals surface area contributed by atoms with Crippen LogP contribution in [0, 0.1) is 5.92 Å². The Morgan fingerprint density at radius 1 is 1.32 bits per heavy atom. The molecule has 1 aliphatic rings. The maximum Gasteiger partial charge on any atom is 0.0537 e. The molecule has 1 saturated heterocycles. The van der Waals surface area contributed by atoms with E-state index in [0.29, 0.717) is 6.04 Å². The predicted molar refractivity (Wildman–Crippen MR) is 79.2 cm³/mol. The first-order valence-electron chi connectivity index (χ1n) is 7.71. The van der Waals surface area contributed by atoms with Crippen molar-refractivity contribution in [3.05, 3.63) is 18.0 Å². The van der Waals surface area contributed by atoms with Gasteiger partial charge in [-0.25, -0.2) is 0 Å². The van der Waals surface area contributed by atoms with Crippen LogP contribution in [-0.2, 0) is 6.54 Å². The van der Waals surface area contributed by atoms with Crippen molar-refractivity contribution in [2.75, 3.05) is 26.2 Å². The molecule has 0 saturated carbocycles. The van der Waals surface area contributed by atoms with Crippen molar-refractivity contribution in [3.8, 4) is 0 Å². The molecule has 1 atom stereocenters. The van der Waals surface area contributed by atoms with Gasteiger partial charge in [0.1, 0.15) is 0 Å². The van der Waals surface area contributed by atoms with Gasteiger partial charge in [-0.15, -0.1) is 0 Å². The highest BCUT2D eigenvalue weighted by Gasteiger charge is 2.18. The van der Waals surface area contributed by atoms with Crippen LogP contribution in [0.3, 0.4) is 0 Å². The van der Waals surface area contributed by atoms with E-state index in [1.165, 1.54) is 38.0 Å². The minimum absolute atomic E-state index is 0.407. The zero-order valence-corrected chi connectivity index (χ0v) is 12.6. The van der Waals surface area contributed by atoms with Gasteiger partial charge in [0.2, 0.25) is 0 Å². The molecule has 1 aliphatic heterocycles. The van der Waals surface area contributed by atoms with Crippen LogP contribution in [0.25, 0.3) is 0 Å². The summed E-state index contributed by atoms with van der Waals surface area (Å²) in [5.74, 6) is 0.839. The molecule has 2 rings (SSSR count). The number of hydrogen-bond donors (Lipinski definition) is 1. The molecular weight excluding hydrogens is 236 g/mol. The van der Waals surface area contributed by atoms with Gasteiger partial charge in [0.15, 0.2) is 0 Å². The lowest BCUT2D eigenvalue weighted by molar-refractivity contribution is 0.188. The Morgan fingerprint density at radius 3 is 2.63 bits per heavy atom. The number of nitrogens with one attached hydrogen (secondary N) is 1. The van der Waals surface area contributed by atoms with Crippen LogP contribution in [0.5, 0.6) is 0 Å². The van der Waals surface area contributed by atoms with Crippen LogP contribution in [-0.4, -0.2) is 40.9 Å². The van der Waals surface area contributed by atoms with Gasteiger partial charge >= 0.3 is 0 Å². The summed E-state index contributed by atoms with van der Waals surface area (Å²) in [5, 5.41) is 8.01. The number of nitrogens with zero attached hydrogens (tertiary/aromatic N) is 3. The summed E-state index contributed by atoms with van der Waals surface area (Å²) in [6, 6.07) is 0.407. The average Bonchev–Trinajstić information content (AvgIpc) is 2.94. The molecule has 1 unspecified atom stereocenters. The van der Waals surface area contributed by atoms with Gasteiger partial charge in [-0.2, -0.15) is 5.10 Å². The summed E-state index contributed by atoms with van der Waals surface area (Å²) in [6.07, 6.45) is 6.81. The molecule has 0 amide bonds. The fourth-order valence-electron chi connectivity index (χ4n) is 2.74. The van der Waals surface area contributed by atoms with E-state index in [9.17, 15) is 0 Å². The Labute approximate surface area is 117 Å². The third-order valence-electron chi connectivity index (χ3n) is 4.34. The van der Waals surface area contributed by atoms with E-state index in [0.717, 1.165) is 19.0 Å². The van der Waals surface area contributed by atoms with Gasteiger partial charge in [0.05, 0.1) is 6.20 Å². The average molecular weight is 264 g/mol. The quantitative estimate of drug-likeness (QED) is 0.856. The first-order valence-corrected chi connectivity index (χ1v) is 7.71. The van der Waals surface area contributed by atoms with Gasteiger partial charge < -0.3 is 10.2 Å². The number of aromatic nitrogens is 2. The van der Waals surface area contributed by atoms with Gasteiger partial charge in [-0.05, 0) is 58.8 Å². The number of likely N-dealkylation sites (tertiary alicyclic amines) is 1. The lowest BCUT2D eigenvalue weighted by Gasteiger charge is -2.31. The molecule has 2 heterocycles. The molecule has 1 aromatic rings. The van der Waals surface area contributed by atoms with Crippen molar-refractivity contribution in [1.82, 2.24) is 20.0 Å². The molecule has 4 heteroatoms. The van der Waals surface area contributed by atoms with E-state index >= 15 is 0 Å². The fourth-order valence-corrected chi connectivity index (χ4v) is 2.74. The Morgan fingerprint density at radius 2 is 2.05 bits per heavy atom. The lowest BCUT2D eigenvalue weighted by Crippen LogP contribution is -2.37. The van der Waals surface area contributed by atoms with E-state index in [-0.39, 0.29) is 0 Å². The van der Waals surface area contributed by atoms with Crippen LogP contribution < -0.4 is 5.32 Å². The highest BCUT2D eigenvalue weighted by molar-refractivity contribution is 5.09. The van der Waals surface area contributed by atoms with Crippen LogP contribution in [0.15, 0.2) is 12.4 Å². The van der Waals surface area contributed by atoms with Gasteiger partial charge in [0, 0.05) is 24.3 Å². The summed E-state index contributed by atoms with van der Waals surface area (Å²) >= 11 is 0. The molecule has 1 fully saturated rings. The molecule has 4 nitrogen and oxygen atoms in total. The Balaban J connectivity index is 1.73. The molecule has 0 bridgehead atoms. The highest BCUT2D eigenvalue weighted by atomic mass is 15.3. The second kappa shape index (κ2) is 7.06. The van der Waals surface area contributed by atoms with E-state index in [1.54, 1.807) is 0 Å². The zero-order chi connectivity index (χ0) is 13.7. The normalized spacial score (nSPS) is 19.7. The van der Waals surface area contributed by atoms with Crippen molar-refractivity contribution in [2.45, 2.75) is 46.2 Å². The smallest absolute Gasteiger partial charge is 0.0537 e. The van der Waals surface area contributed by atoms with Crippen molar-refractivity contribution in [1.29, 1.82) is 0 Å². The SMILES string of the molecule is CCN1CCC(CNC(C)c2cnn(CC)c2)CC1. The van der Waals surface area contributed by atoms with Gasteiger partial charge in [0.25, 0.3) is 0 Å². The third-order valence-corrected chi connectivity index (χ3v) is 4.34. The van der Waals surface area contributed by atoms with Crippen LogP contribution in [0.2, 0.25) is 0 Å². The van der Waals surface area contributed by atoms with Gasteiger partial charge in [-0.1, -0.05) is 6.92 Å². The molecular formula is C15H28N4. The third kappa shape index (κ3) is 4.05. The maximum absolute atomic E-state index is 4.34. The number of hydrogen-bond acceptors (Lipinski definition) is 3. The number of piperidine rings is 1. The standard InChI is InChI=1S/C15H28N4/c1-4-18-8-6-14(7-9-18)10-16-13(3)15-11-17-19(5-2)12-15/h11-14,16H,4-10H2,1-3H3. The van der Waals surface area contributed by atoms with E-state index in [1.807, 2.05) is 10.9 Å². The first kappa shape index (κ1) is 14.5. The largest absolute Gasteiger partial charge is 0.310 e. The van der Waals surface area contributed by atoms with E-state index < -0.39 is 0 Å². The maximum atomic E-state index is 4.34. The van der Waals surface area contributed by atoms with E-state index in [2.05, 4.69) is 42.3 Å². The van der Waals surface area contributed by atoms with Crippen LogP contribution in [0.1, 0.15) is 45.2 Å². The Bertz CT molecular complexity index is 366. The minimum atomic E-state index is 0.407. The summed E-state index contributed by atoms with van der Waals surface area (Å²) < 4.78 is 1.99. The molecule has 108 valence electrons. The summed E-state index contributed by atoms with van der Waals surface area (Å²) in [7, 11) is 0. The van der Waals surface area contributed by atoms with Gasteiger partial charge in [-0.3, -0.25) is 4.68 Å². The van der Waals surface area contributed by atoms with Crippen molar-refractivity contribution in [2.24, 2.45) is 5.92 Å². The summed E-state index contributed by atoms with van der Waals surface area (Å²) in [5.41, 5.74) is 1.30. The second-order valence-corrected chi connectivity index (χ2v) is 5.64. The van der Waals surface area contributed by atoms with Crippen LogP contribution in [0.4, 0.5) is 0 Å². The number of aryl methyl sites for hydroxylation is 1. The second-order valence-electron chi connectivity index (χ2n) is 5.64. The first-order chi connectivity index (χ1) is 9.22. The predicted octanol–water partition coefficient (Wildman–Crippen LogP) is 2.29. The minimum Gasteiger partial charge on any atom is -0.310 e. The molecule has 19 heavy (non-hydrogen) atoms. The molecule has 0 radical (unpaired) electrons. The van der Waals surface area contributed by atoms with Crippen molar-refractivity contribution >= 4 is 0 Å². The molecule has 0 aliphatic carbocycles. The molecule has 0 aromatic carbocycles. The highest BCUT2D eigenvalue weighted by Crippen LogP contribution is 2.18. The Hall–Kier alpha value is -0.870. The zero-order valence-electron chi connectivity index (χ0n) is 12.6. The fraction of sp³-hybridized carbons (Fsp3) is 0.800. The Kier molecular flexibility index (Phi) is 5.40. The van der Waals surface area contributed by atoms with E-state index in [4.69, 9.17) is 0 Å². The monoisotopic (exact) mass is 264 g/mol. The van der Waals surface area contributed by atoms with Crippen molar-refractivity contribution in [3.63, 3.8) is 0 Å². The topological polar surface area (TPSA) is 33.1 Å².